The summed E-state index contributed by atoms with van der Waals surface area (Å²) in [5.74, 6) is 1.24. The first-order valence-electron chi connectivity index (χ1n) is 7.89. The molecule has 1 heterocycles. The molecule has 0 unspecified atom stereocenters. The molecule has 0 aliphatic heterocycles. The van der Waals surface area contributed by atoms with E-state index >= 15 is 0 Å². The lowest BCUT2D eigenvalue weighted by atomic mass is 10.1. The summed E-state index contributed by atoms with van der Waals surface area (Å²) >= 11 is 0. The van der Waals surface area contributed by atoms with Gasteiger partial charge in [-0.3, -0.25) is 4.79 Å². The summed E-state index contributed by atoms with van der Waals surface area (Å²) in [6.07, 6.45) is 0. The van der Waals surface area contributed by atoms with Crippen molar-refractivity contribution in [3.05, 3.63) is 46.6 Å². The molecule has 5 nitrogen and oxygen atoms in total. The molecular weight excluding hydrogens is 304 g/mol. The van der Waals surface area contributed by atoms with Crippen LogP contribution in [0.2, 0.25) is 0 Å². The van der Waals surface area contributed by atoms with Crippen LogP contribution in [-0.4, -0.2) is 44.3 Å². The van der Waals surface area contributed by atoms with Crippen LogP contribution in [0.25, 0.3) is 21.8 Å². The number of ether oxygens (including phenoxy) is 2. The lowest BCUT2D eigenvalue weighted by molar-refractivity contribution is 0.384. The predicted molar refractivity (Wildman–Crippen MR) is 97.4 cm³/mol. The lowest BCUT2D eigenvalue weighted by Crippen LogP contribution is -2.21. The second-order valence-corrected chi connectivity index (χ2v) is 5.99. The summed E-state index contributed by atoms with van der Waals surface area (Å²) in [6, 6.07) is 11.3. The summed E-state index contributed by atoms with van der Waals surface area (Å²) in [5.41, 5.74) is 1.66. The van der Waals surface area contributed by atoms with Crippen molar-refractivity contribution >= 4 is 21.8 Å². The monoisotopic (exact) mass is 326 g/mol. The predicted octanol–water partition coefficient (Wildman–Crippen LogP) is 2.73. The summed E-state index contributed by atoms with van der Waals surface area (Å²) in [7, 11) is 7.27. The third-order valence-electron chi connectivity index (χ3n) is 4.25. The number of hydrogen-bond acceptors (Lipinski definition) is 4. The number of para-hydroxylation sites is 1. The second kappa shape index (κ2) is 6.53. The van der Waals surface area contributed by atoms with Gasteiger partial charge in [-0.1, -0.05) is 12.1 Å². The molecule has 2 aromatic carbocycles. The summed E-state index contributed by atoms with van der Waals surface area (Å²) in [6.45, 7) is 1.59. The van der Waals surface area contributed by atoms with E-state index in [1.807, 2.05) is 44.4 Å². The molecule has 5 heteroatoms. The zero-order chi connectivity index (χ0) is 17.3. The van der Waals surface area contributed by atoms with Gasteiger partial charge in [0.1, 0.15) is 11.5 Å². The first kappa shape index (κ1) is 16.3. The molecule has 3 aromatic rings. The van der Waals surface area contributed by atoms with Crippen molar-refractivity contribution in [3.63, 3.8) is 0 Å². The SMILES string of the molecule is COc1ccc(OC)c2c1c(=O)c1ccccc1n2CCN(C)C. The summed E-state index contributed by atoms with van der Waals surface area (Å²) in [5, 5.41) is 1.25. The van der Waals surface area contributed by atoms with Gasteiger partial charge >= 0.3 is 0 Å². The molecule has 0 atom stereocenters. The van der Waals surface area contributed by atoms with E-state index in [0.29, 0.717) is 22.3 Å². The Balaban J connectivity index is 2.50. The van der Waals surface area contributed by atoms with E-state index in [2.05, 4.69) is 9.47 Å². The molecule has 0 saturated carbocycles. The molecule has 0 bridgehead atoms. The Kier molecular flexibility index (Phi) is 4.44. The smallest absolute Gasteiger partial charge is 0.201 e. The number of methoxy groups -OCH3 is 2. The molecule has 0 radical (unpaired) electrons. The van der Waals surface area contributed by atoms with E-state index in [1.165, 1.54) is 0 Å². The average Bonchev–Trinajstić information content (AvgIpc) is 2.60. The summed E-state index contributed by atoms with van der Waals surface area (Å²) < 4.78 is 13.2. The number of rotatable bonds is 5. The number of hydrogen-bond donors (Lipinski definition) is 0. The molecule has 0 saturated heterocycles. The van der Waals surface area contributed by atoms with Crippen molar-refractivity contribution in [2.45, 2.75) is 6.54 Å². The van der Waals surface area contributed by atoms with Crippen LogP contribution in [0.1, 0.15) is 0 Å². The van der Waals surface area contributed by atoms with Gasteiger partial charge < -0.3 is 18.9 Å². The highest BCUT2D eigenvalue weighted by atomic mass is 16.5. The Hall–Kier alpha value is -2.53. The van der Waals surface area contributed by atoms with Crippen LogP contribution < -0.4 is 14.9 Å². The highest BCUT2D eigenvalue weighted by Gasteiger charge is 2.18. The number of fused-ring (bicyclic) bond motifs is 2. The minimum absolute atomic E-state index is 0.0301. The molecule has 1 aromatic heterocycles. The van der Waals surface area contributed by atoms with Crippen molar-refractivity contribution in [1.82, 2.24) is 9.47 Å². The maximum absolute atomic E-state index is 13.1. The van der Waals surface area contributed by atoms with Crippen LogP contribution in [0.5, 0.6) is 11.5 Å². The van der Waals surface area contributed by atoms with Crippen LogP contribution in [0.3, 0.4) is 0 Å². The molecule has 3 rings (SSSR count). The van der Waals surface area contributed by atoms with E-state index in [1.54, 1.807) is 20.3 Å². The van der Waals surface area contributed by atoms with E-state index < -0.39 is 0 Å². The normalized spacial score (nSPS) is 11.4. The first-order valence-corrected chi connectivity index (χ1v) is 7.89. The number of aromatic nitrogens is 1. The second-order valence-electron chi connectivity index (χ2n) is 5.99. The van der Waals surface area contributed by atoms with Crippen molar-refractivity contribution in [2.75, 3.05) is 34.9 Å². The van der Waals surface area contributed by atoms with Gasteiger partial charge in [0.05, 0.1) is 30.6 Å². The van der Waals surface area contributed by atoms with E-state index in [0.717, 1.165) is 24.1 Å². The lowest BCUT2D eigenvalue weighted by Gasteiger charge is -2.20. The topological polar surface area (TPSA) is 43.7 Å². The van der Waals surface area contributed by atoms with Gasteiger partial charge in [0.25, 0.3) is 0 Å². The number of benzene rings is 2. The van der Waals surface area contributed by atoms with Gasteiger partial charge in [-0.25, -0.2) is 0 Å². The first-order chi connectivity index (χ1) is 11.6. The van der Waals surface area contributed by atoms with Crippen LogP contribution in [0.15, 0.2) is 41.2 Å². The Morgan fingerprint density at radius 3 is 2.33 bits per heavy atom. The molecular formula is C19H22N2O3. The quantitative estimate of drug-likeness (QED) is 0.676. The number of likely N-dealkylation sites (N-methyl/N-ethyl adjacent to an activating group) is 1. The Labute approximate surface area is 141 Å². The standard InChI is InChI=1S/C19H22N2O3/c1-20(2)11-12-21-14-8-6-5-7-13(14)19(22)17-15(23-3)9-10-16(24-4)18(17)21/h5-10H,11-12H2,1-4H3. The highest BCUT2D eigenvalue weighted by molar-refractivity contribution is 5.99. The molecule has 24 heavy (non-hydrogen) atoms. The van der Waals surface area contributed by atoms with Crippen LogP contribution in [0, 0.1) is 0 Å². The fourth-order valence-electron chi connectivity index (χ4n) is 3.06. The fraction of sp³-hybridized carbons (Fsp3) is 0.316. The zero-order valence-corrected chi connectivity index (χ0v) is 14.5. The molecule has 126 valence electrons. The highest BCUT2D eigenvalue weighted by Crippen LogP contribution is 2.33. The number of nitrogens with zero attached hydrogens (tertiary/aromatic N) is 2. The zero-order valence-electron chi connectivity index (χ0n) is 14.5. The summed E-state index contributed by atoms with van der Waals surface area (Å²) in [4.78, 5) is 15.2. The van der Waals surface area contributed by atoms with Gasteiger partial charge in [-0.2, -0.15) is 0 Å². The van der Waals surface area contributed by atoms with Crippen molar-refractivity contribution in [3.8, 4) is 11.5 Å². The Morgan fingerprint density at radius 1 is 1.00 bits per heavy atom. The third-order valence-corrected chi connectivity index (χ3v) is 4.25. The average molecular weight is 326 g/mol. The number of pyridine rings is 1. The fourth-order valence-corrected chi connectivity index (χ4v) is 3.06. The van der Waals surface area contributed by atoms with Gasteiger partial charge in [0.15, 0.2) is 0 Å². The third kappa shape index (κ3) is 2.61. The molecule has 0 aliphatic carbocycles. The maximum atomic E-state index is 13.1. The Bertz CT molecular complexity index is 945. The maximum Gasteiger partial charge on any atom is 0.201 e. The minimum Gasteiger partial charge on any atom is -0.496 e. The van der Waals surface area contributed by atoms with Crippen LogP contribution in [0.4, 0.5) is 0 Å². The van der Waals surface area contributed by atoms with Crippen molar-refractivity contribution in [2.24, 2.45) is 0 Å². The molecule has 0 N–H and O–H groups in total. The molecule has 0 amide bonds. The molecule has 0 aliphatic rings. The van der Waals surface area contributed by atoms with E-state index in [4.69, 9.17) is 9.47 Å². The van der Waals surface area contributed by atoms with Crippen molar-refractivity contribution in [1.29, 1.82) is 0 Å². The van der Waals surface area contributed by atoms with Crippen molar-refractivity contribution < 1.29 is 9.47 Å². The van der Waals surface area contributed by atoms with Crippen LogP contribution in [-0.2, 0) is 6.54 Å². The molecule has 0 spiro atoms. The van der Waals surface area contributed by atoms with E-state index in [9.17, 15) is 4.79 Å². The van der Waals surface area contributed by atoms with Gasteiger partial charge in [-0.15, -0.1) is 0 Å². The van der Waals surface area contributed by atoms with Crippen LogP contribution >= 0.6 is 0 Å². The minimum atomic E-state index is -0.0301. The van der Waals surface area contributed by atoms with Gasteiger partial charge in [0, 0.05) is 18.5 Å². The van der Waals surface area contributed by atoms with E-state index in [-0.39, 0.29) is 5.43 Å². The van der Waals surface area contributed by atoms with Gasteiger partial charge in [-0.05, 0) is 38.4 Å². The molecule has 0 fully saturated rings. The largest absolute Gasteiger partial charge is 0.496 e. The Morgan fingerprint density at radius 2 is 1.67 bits per heavy atom. The van der Waals surface area contributed by atoms with Gasteiger partial charge in [0.2, 0.25) is 5.43 Å².